The van der Waals surface area contributed by atoms with Crippen LogP contribution in [0.5, 0.6) is 34.5 Å². The van der Waals surface area contributed by atoms with Crippen molar-refractivity contribution in [2.24, 2.45) is 5.41 Å². The Bertz CT molecular complexity index is 1690. The number of piperidine rings is 1. The summed E-state index contributed by atoms with van der Waals surface area (Å²) in [6.45, 7) is 7.78. The lowest BCUT2D eigenvalue weighted by atomic mass is 9.91. The second kappa shape index (κ2) is 18.7. The number of carbonyl (C=O) groups excluding carboxylic acids is 3. The summed E-state index contributed by atoms with van der Waals surface area (Å²) in [6.07, 6.45) is 2.68. The van der Waals surface area contributed by atoms with Crippen LogP contribution in [0.3, 0.4) is 0 Å². The molecule has 3 atom stereocenters. The van der Waals surface area contributed by atoms with E-state index in [4.69, 9.17) is 33.2 Å². The van der Waals surface area contributed by atoms with Crippen molar-refractivity contribution in [1.82, 2.24) is 4.90 Å². The highest BCUT2D eigenvalue weighted by atomic mass is 16.6. The lowest BCUT2D eigenvalue weighted by molar-refractivity contribution is -0.162. The van der Waals surface area contributed by atoms with Crippen LogP contribution in [0.15, 0.2) is 54.6 Å². The van der Waals surface area contributed by atoms with E-state index < -0.39 is 29.4 Å². The van der Waals surface area contributed by atoms with Crippen LogP contribution in [-0.4, -0.2) is 77.3 Å². The zero-order chi connectivity index (χ0) is 38.7. The summed E-state index contributed by atoms with van der Waals surface area (Å²) >= 11 is 0. The van der Waals surface area contributed by atoms with Crippen LogP contribution in [0.2, 0.25) is 0 Å². The maximum atomic E-state index is 14.4. The number of ether oxygens (including phenoxy) is 7. The van der Waals surface area contributed by atoms with Gasteiger partial charge in [0.15, 0.2) is 28.8 Å². The summed E-state index contributed by atoms with van der Waals surface area (Å²) in [7, 11) is 7.77. The molecule has 0 bridgehead atoms. The van der Waals surface area contributed by atoms with Crippen molar-refractivity contribution < 1.29 is 47.5 Å². The zero-order valence-corrected chi connectivity index (χ0v) is 32.6. The van der Waals surface area contributed by atoms with Crippen LogP contribution in [-0.2, 0) is 25.5 Å². The Labute approximate surface area is 313 Å². The van der Waals surface area contributed by atoms with E-state index >= 15 is 0 Å². The van der Waals surface area contributed by atoms with Crippen LogP contribution in [0.1, 0.15) is 88.5 Å². The molecular weight excluding hydrogens is 678 g/mol. The number of esters is 1. The molecule has 0 spiro atoms. The van der Waals surface area contributed by atoms with Crippen molar-refractivity contribution in [3.8, 4) is 34.5 Å². The van der Waals surface area contributed by atoms with Crippen molar-refractivity contribution in [2.75, 3.05) is 48.7 Å². The first-order chi connectivity index (χ1) is 25.4. The predicted octanol–water partition coefficient (Wildman–Crippen LogP) is 7.52. The number of ketones is 1. The van der Waals surface area contributed by atoms with Gasteiger partial charge in [0.05, 0.1) is 41.5 Å². The molecule has 1 heterocycles. The van der Waals surface area contributed by atoms with E-state index in [-0.39, 0.29) is 18.3 Å². The molecule has 1 amide bonds. The van der Waals surface area contributed by atoms with Crippen LogP contribution < -0.4 is 28.4 Å². The fraction of sp³-hybridized carbons (Fsp3) is 0.500. The largest absolute Gasteiger partial charge is 0.493 e. The van der Waals surface area contributed by atoms with Crippen molar-refractivity contribution in [2.45, 2.75) is 84.3 Å². The summed E-state index contributed by atoms with van der Waals surface area (Å²) in [5.41, 5.74) is 1.72. The van der Waals surface area contributed by atoms with Gasteiger partial charge >= 0.3 is 5.97 Å². The molecule has 1 fully saturated rings. The number of hydrogen-bond acceptors (Lipinski definition) is 10. The normalized spacial score (nSPS) is 15.5. The molecule has 11 nitrogen and oxygen atoms in total. The molecule has 3 aromatic carbocycles. The fourth-order valence-electron chi connectivity index (χ4n) is 6.56. The maximum Gasteiger partial charge on any atom is 0.329 e. The van der Waals surface area contributed by atoms with E-state index in [1.807, 2.05) is 64.1 Å². The van der Waals surface area contributed by atoms with Crippen LogP contribution in [0.25, 0.3) is 0 Å². The topological polar surface area (TPSA) is 119 Å². The van der Waals surface area contributed by atoms with E-state index in [0.717, 1.165) is 18.4 Å². The van der Waals surface area contributed by atoms with Gasteiger partial charge in [0, 0.05) is 17.5 Å². The van der Waals surface area contributed by atoms with Gasteiger partial charge in [-0.25, -0.2) is 4.79 Å². The summed E-state index contributed by atoms with van der Waals surface area (Å²) in [6, 6.07) is 15.8. The van der Waals surface area contributed by atoms with Gasteiger partial charge in [0.2, 0.25) is 11.7 Å². The lowest BCUT2D eigenvalue weighted by Gasteiger charge is -2.37. The standard InChI is InChI=1S/C42H55NO10/c1-10-29(28-24-36(49-7)39(51-9)37(25-28)50-8)40(45)43-22-14-13-16-31(43)41(46)53-33(20-18-27-19-21-34(47-5)35(23-27)48-6)30-15-11-12-17-32(30)52-26-38(44)42(2,3)4/h11-12,15,17,19,21,23-25,29,31,33H,10,13-14,16,18,20,22,26H2,1-9H3/t29-,31-,33+/m0/s1. The molecule has 11 heteroatoms. The molecule has 0 aliphatic carbocycles. The average Bonchev–Trinajstić information content (AvgIpc) is 3.17. The first-order valence-corrected chi connectivity index (χ1v) is 18.2. The number of amides is 1. The molecule has 4 rings (SSSR count). The number of carbonyl (C=O) groups is 3. The fourth-order valence-corrected chi connectivity index (χ4v) is 6.56. The van der Waals surface area contributed by atoms with Gasteiger partial charge < -0.3 is 38.1 Å². The summed E-state index contributed by atoms with van der Waals surface area (Å²) < 4.78 is 40.1. The van der Waals surface area contributed by atoms with Crippen molar-refractivity contribution >= 4 is 17.7 Å². The highest BCUT2D eigenvalue weighted by molar-refractivity contribution is 5.89. The van der Waals surface area contributed by atoms with Gasteiger partial charge in [-0.1, -0.05) is 52.0 Å². The zero-order valence-electron chi connectivity index (χ0n) is 32.6. The summed E-state index contributed by atoms with van der Waals surface area (Å²) in [5, 5.41) is 0. The second-order valence-corrected chi connectivity index (χ2v) is 14.1. The molecule has 288 valence electrons. The van der Waals surface area contributed by atoms with Crippen LogP contribution >= 0.6 is 0 Å². The molecule has 1 aliphatic rings. The number of likely N-dealkylation sites (tertiary alicyclic amines) is 1. The Balaban J connectivity index is 1.65. The Kier molecular flexibility index (Phi) is 14.4. The Morgan fingerprint density at radius 3 is 2.06 bits per heavy atom. The van der Waals surface area contributed by atoms with E-state index in [2.05, 4.69) is 0 Å². The van der Waals surface area contributed by atoms with E-state index in [9.17, 15) is 14.4 Å². The Hall–Kier alpha value is -4.93. The number of nitrogens with zero attached hydrogens (tertiary/aromatic N) is 1. The van der Waals surface area contributed by atoms with Crippen molar-refractivity contribution in [3.63, 3.8) is 0 Å². The average molecular weight is 734 g/mol. The van der Waals surface area contributed by atoms with E-state index in [0.29, 0.717) is 77.9 Å². The molecule has 1 saturated heterocycles. The maximum absolute atomic E-state index is 14.4. The third kappa shape index (κ3) is 9.94. The smallest absolute Gasteiger partial charge is 0.329 e. The highest BCUT2D eigenvalue weighted by Crippen LogP contribution is 2.42. The second-order valence-electron chi connectivity index (χ2n) is 14.1. The molecule has 53 heavy (non-hydrogen) atoms. The number of benzene rings is 3. The number of Topliss-reactive ketones (excluding diaryl/α,β-unsaturated/α-hetero) is 1. The Morgan fingerprint density at radius 2 is 1.45 bits per heavy atom. The number of methoxy groups -OCH3 is 5. The SMILES string of the molecule is CC[C@H](C(=O)N1CCCC[C@H]1C(=O)O[C@H](CCc1ccc(OC)c(OC)c1)c1ccccc1OCC(=O)C(C)(C)C)c1cc(OC)c(OC)c(OC)c1. The molecule has 1 aliphatic heterocycles. The minimum Gasteiger partial charge on any atom is -0.493 e. The highest BCUT2D eigenvalue weighted by Gasteiger charge is 2.38. The molecule has 0 aromatic heterocycles. The van der Waals surface area contributed by atoms with E-state index in [1.165, 1.54) is 21.3 Å². The quantitative estimate of drug-likeness (QED) is 0.129. The van der Waals surface area contributed by atoms with E-state index in [1.54, 1.807) is 37.3 Å². The Morgan fingerprint density at radius 1 is 0.792 bits per heavy atom. The molecule has 0 saturated carbocycles. The lowest BCUT2D eigenvalue weighted by Crippen LogP contribution is -2.50. The minimum atomic E-state index is -0.786. The van der Waals surface area contributed by atoms with Gasteiger partial charge in [0.25, 0.3) is 0 Å². The number of aryl methyl sites for hydroxylation is 1. The van der Waals surface area contributed by atoms with Crippen molar-refractivity contribution in [1.29, 1.82) is 0 Å². The van der Waals surface area contributed by atoms with Gasteiger partial charge in [0.1, 0.15) is 24.5 Å². The van der Waals surface area contributed by atoms with Gasteiger partial charge in [-0.2, -0.15) is 0 Å². The van der Waals surface area contributed by atoms with Crippen LogP contribution in [0, 0.1) is 5.41 Å². The molecule has 0 unspecified atom stereocenters. The van der Waals surface area contributed by atoms with Gasteiger partial charge in [-0.3, -0.25) is 9.59 Å². The first-order valence-electron chi connectivity index (χ1n) is 18.2. The minimum absolute atomic E-state index is 0.0555. The third-order valence-electron chi connectivity index (χ3n) is 9.72. The van der Waals surface area contributed by atoms with Gasteiger partial charge in [-0.05, 0) is 80.0 Å². The van der Waals surface area contributed by atoms with Gasteiger partial charge in [-0.15, -0.1) is 0 Å². The van der Waals surface area contributed by atoms with Crippen molar-refractivity contribution in [3.05, 3.63) is 71.3 Å². The number of para-hydroxylation sites is 1. The molecule has 3 aromatic rings. The molecule has 0 N–H and O–H groups in total. The summed E-state index contributed by atoms with van der Waals surface area (Å²) in [5.74, 6) is 1.72. The summed E-state index contributed by atoms with van der Waals surface area (Å²) in [4.78, 5) is 43.2. The first kappa shape index (κ1) is 40.8. The molecule has 0 radical (unpaired) electrons. The molecular formula is C42H55NO10. The number of hydrogen-bond donors (Lipinski definition) is 0. The predicted molar refractivity (Wildman–Crippen MR) is 202 cm³/mol. The van der Waals surface area contributed by atoms with Crippen LogP contribution in [0.4, 0.5) is 0 Å². The number of rotatable bonds is 17. The monoisotopic (exact) mass is 733 g/mol. The third-order valence-corrected chi connectivity index (χ3v) is 9.72.